The molecule has 15 heavy (non-hydrogen) atoms. The number of rotatable bonds is 1. The standard InChI is InChI=1S/C12H22N2O/c1-12(2)10(13)7-4-8-14(12)11(15)9-5-3-6-9/h9-10H,3-8,13H2,1-2H3. The molecule has 1 heterocycles. The summed E-state index contributed by atoms with van der Waals surface area (Å²) in [7, 11) is 0. The molecular formula is C12H22N2O. The molecule has 1 atom stereocenters. The lowest BCUT2D eigenvalue weighted by atomic mass is 9.80. The van der Waals surface area contributed by atoms with E-state index in [-0.39, 0.29) is 11.6 Å². The smallest absolute Gasteiger partial charge is 0.226 e. The molecule has 1 saturated heterocycles. The molecule has 0 aromatic heterocycles. The molecule has 1 unspecified atom stereocenters. The fourth-order valence-electron chi connectivity index (χ4n) is 2.58. The minimum atomic E-state index is -0.148. The van der Waals surface area contributed by atoms with Gasteiger partial charge < -0.3 is 10.6 Å². The minimum absolute atomic E-state index is 0.135. The number of hydrogen-bond acceptors (Lipinski definition) is 2. The summed E-state index contributed by atoms with van der Waals surface area (Å²) in [5.41, 5.74) is 5.96. The van der Waals surface area contributed by atoms with Gasteiger partial charge in [-0.05, 0) is 39.5 Å². The van der Waals surface area contributed by atoms with E-state index in [0.717, 1.165) is 32.2 Å². The second kappa shape index (κ2) is 3.78. The molecule has 0 aromatic carbocycles. The summed E-state index contributed by atoms with van der Waals surface area (Å²) in [6, 6.07) is 0.135. The predicted octanol–water partition coefficient (Wildman–Crippen LogP) is 1.51. The molecule has 86 valence electrons. The van der Waals surface area contributed by atoms with Crippen LogP contribution in [0.3, 0.4) is 0 Å². The van der Waals surface area contributed by atoms with Gasteiger partial charge in [-0.3, -0.25) is 4.79 Å². The molecule has 0 bridgehead atoms. The first kappa shape index (κ1) is 10.9. The normalized spacial score (nSPS) is 31.1. The Morgan fingerprint density at radius 1 is 1.27 bits per heavy atom. The van der Waals surface area contributed by atoms with Gasteiger partial charge in [0.25, 0.3) is 0 Å². The molecular weight excluding hydrogens is 188 g/mol. The van der Waals surface area contributed by atoms with Crippen molar-refractivity contribution in [3.63, 3.8) is 0 Å². The van der Waals surface area contributed by atoms with E-state index in [1.165, 1.54) is 6.42 Å². The molecule has 1 saturated carbocycles. The van der Waals surface area contributed by atoms with Gasteiger partial charge in [0.2, 0.25) is 5.91 Å². The molecule has 1 amide bonds. The van der Waals surface area contributed by atoms with Crippen LogP contribution in [0.1, 0.15) is 46.0 Å². The van der Waals surface area contributed by atoms with Crippen molar-refractivity contribution in [3.05, 3.63) is 0 Å². The van der Waals surface area contributed by atoms with Crippen LogP contribution >= 0.6 is 0 Å². The second-order valence-electron chi connectivity index (χ2n) is 5.52. The van der Waals surface area contributed by atoms with Crippen molar-refractivity contribution in [2.24, 2.45) is 11.7 Å². The maximum Gasteiger partial charge on any atom is 0.226 e. The summed E-state index contributed by atoms with van der Waals surface area (Å²) in [4.78, 5) is 14.2. The van der Waals surface area contributed by atoms with Crippen molar-refractivity contribution in [2.45, 2.75) is 57.5 Å². The average molecular weight is 210 g/mol. The summed E-state index contributed by atoms with van der Waals surface area (Å²) in [6.07, 6.45) is 5.49. The molecule has 2 N–H and O–H groups in total. The third-order valence-corrected chi connectivity index (χ3v) is 4.22. The monoisotopic (exact) mass is 210 g/mol. The van der Waals surface area contributed by atoms with Crippen molar-refractivity contribution >= 4 is 5.91 Å². The van der Waals surface area contributed by atoms with Crippen LogP contribution in [0, 0.1) is 5.92 Å². The lowest BCUT2D eigenvalue weighted by Gasteiger charge is -2.48. The highest BCUT2D eigenvalue weighted by Crippen LogP contribution is 2.34. The fraction of sp³-hybridized carbons (Fsp3) is 0.917. The molecule has 0 spiro atoms. The van der Waals surface area contributed by atoms with Crippen molar-refractivity contribution < 1.29 is 4.79 Å². The Balaban J connectivity index is 2.08. The summed E-state index contributed by atoms with van der Waals surface area (Å²) in [6.45, 7) is 5.11. The van der Waals surface area contributed by atoms with Gasteiger partial charge in [-0.2, -0.15) is 0 Å². The quantitative estimate of drug-likeness (QED) is 0.713. The fourth-order valence-corrected chi connectivity index (χ4v) is 2.58. The summed E-state index contributed by atoms with van der Waals surface area (Å²) in [5, 5.41) is 0. The van der Waals surface area contributed by atoms with Gasteiger partial charge >= 0.3 is 0 Å². The lowest BCUT2D eigenvalue weighted by Crippen LogP contribution is -2.62. The number of amides is 1. The number of hydrogen-bond donors (Lipinski definition) is 1. The minimum Gasteiger partial charge on any atom is -0.336 e. The van der Waals surface area contributed by atoms with Gasteiger partial charge in [0.15, 0.2) is 0 Å². The Morgan fingerprint density at radius 2 is 1.93 bits per heavy atom. The second-order valence-corrected chi connectivity index (χ2v) is 5.52. The van der Waals surface area contributed by atoms with Crippen molar-refractivity contribution in [1.29, 1.82) is 0 Å². The van der Waals surface area contributed by atoms with Gasteiger partial charge in [-0.15, -0.1) is 0 Å². The number of carbonyl (C=O) groups is 1. The number of piperidine rings is 1. The Bertz CT molecular complexity index is 258. The summed E-state index contributed by atoms with van der Waals surface area (Å²) >= 11 is 0. The van der Waals surface area contributed by atoms with Gasteiger partial charge in [0, 0.05) is 18.5 Å². The van der Waals surface area contributed by atoms with Crippen LogP contribution in [-0.2, 0) is 4.79 Å². The zero-order chi connectivity index (χ0) is 11.1. The Labute approximate surface area is 92.0 Å². The Morgan fingerprint density at radius 3 is 2.47 bits per heavy atom. The zero-order valence-corrected chi connectivity index (χ0v) is 9.83. The van der Waals surface area contributed by atoms with E-state index in [1.54, 1.807) is 0 Å². The first-order chi connectivity index (χ1) is 7.03. The Hall–Kier alpha value is -0.570. The first-order valence-corrected chi connectivity index (χ1v) is 6.10. The van der Waals surface area contributed by atoms with E-state index < -0.39 is 0 Å². The van der Waals surface area contributed by atoms with E-state index in [4.69, 9.17) is 5.73 Å². The molecule has 0 aromatic rings. The van der Waals surface area contributed by atoms with Gasteiger partial charge in [0.05, 0.1) is 5.54 Å². The number of likely N-dealkylation sites (tertiary alicyclic amines) is 1. The van der Waals surface area contributed by atoms with Crippen LogP contribution in [0.15, 0.2) is 0 Å². The molecule has 2 rings (SSSR count). The van der Waals surface area contributed by atoms with E-state index in [1.807, 2.05) is 4.90 Å². The van der Waals surface area contributed by atoms with Crippen LogP contribution < -0.4 is 5.73 Å². The molecule has 0 radical (unpaired) electrons. The summed E-state index contributed by atoms with van der Waals surface area (Å²) < 4.78 is 0. The SMILES string of the molecule is CC1(C)C(N)CCCN1C(=O)C1CCC1. The van der Waals surface area contributed by atoms with Gasteiger partial charge in [-0.1, -0.05) is 6.42 Å². The molecule has 1 aliphatic heterocycles. The maximum absolute atomic E-state index is 12.2. The predicted molar refractivity (Wildman–Crippen MR) is 60.3 cm³/mol. The number of nitrogens with two attached hydrogens (primary N) is 1. The highest BCUT2D eigenvalue weighted by molar-refractivity contribution is 5.80. The van der Waals surface area contributed by atoms with Crippen LogP contribution in [-0.4, -0.2) is 28.9 Å². The van der Waals surface area contributed by atoms with E-state index in [2.05, 4.69) is 13.8 Å². The highest BCUT2D eigenvalue weighted by Gasteiger charge is 2.42. The summed E-state index contributed by atoms with van der Waals surface area (Å²) in [5.74, 6) is 0.649. The molecule has 3 nitrogen and oxygen atoms in total. The zero-order valence-electron chi connectivity index (χ0n) is 9.83. The molecule has 3 heteroatoms. The van der Waals surface area contributed by atoms with Crippen molar-refractivity contribution in [3.8, 4) is 0 Å². The highest BCUT2D eigenvalue weighted by atomic mass is 16.2. The van der Waals surface area contributed by atoms with E-state index in [0.29, 0.717) is 11.8 Å². The van der Waals surface area contributed by atoms with Crippen LogP contribution in [0.5, 0.6) is 0 Å². The van der Waals surface area contributed by atoms with Crippen LogP contribution in [0.2, 0.25) is 0 Å². The third kappa shape index (κ3) is 1.78. The maximum atomic E-state index is 12.2. The lowest BCUT2D eigenvalue weighted by molar-refractivity contribution is -0.146. The van der Waals surface area contributed by atoms with Crippen molar-refractivity contribution in [2.75, 3.05) is 6.54 Å². The topological polar surface area (TPSA) is 46.3 Å². The molecule has 2 aliphatic rings. The van der Waals surface area contributed by atoms with Crippen LogP contribution in [0.4, 0.5) is 0 Å². The largest absolute Gasteiger partial charge is 0.336 e. The van der Waals surface area contributed by atoms with Gasteiger partial charge in [-0.25, -0.2) is 0 Å². The van der Waals surface area contributed by atoms with Crippen LogP contribution in [0.25, 0.3) is 0 Å². The average Bonchev–Trinajstić information content (AvgIpc) is 2.06. The van der Waals surface area contributed by atoms with Crippen molar-refractivity contribution in [1.82, 2.24) is 4.90 Å². The Kier molecular flexibility index (Phi) is 2.75. The molecule has 2 fully saturated rings. The van der Waals surface area contributed by atoms with Gasteiger partial charge in [0.1, 0.15) is 0 Å². The first-order valence-electron chi connectivity index (χ1n) is 6.10. The number of nitrogens with zero attached hydrogens (tertiary/aromatic N) is 1. The number of carbonyl (C=O) groups excluding carboxylic acids is 1. The molecule has 1 aliphatic carbocycles. The van der Waals surface area contributed by atoms with E-state index >= 15 is 0 Å². The third-order valence-electron chi connectivity index (χ3n) is 4.22. The van der Waals surface area contributed by atoms with E-state index in [9.17, 15) is 4.79 Å².